The molecule has 1 heterocycles. The van der Waals surface area contributed by atoms with E-state index in [-0.39, 0.29) is 35.5 Å². The summed E-state index contributed by atoms with van der Waals surface area (Å²) in [6.07, 6.45) is 6.39. The van der Waals surface area contributed by atoms with Crippen LogP contribution in [0.3, 0.4) is 0 Å². The van der Waals surface area contributed by atoms with E-state index in [0.29, 0.717) is 25.8 Å². The van der Waals surface area contributed by atoms with Crippen LogP contribution in [0.25, 0.3) is 0 Å². The highest BCUT2D eigenvalue weighted by molar-refractivity contribution is 6.08. The number of benzene rings is 1. The Kier molecular flexibility index (Phi) is 7.29. The first kappa shape index (κ1) is 22.1. The minimum Gasteiger partial charge on any atom is -0.375 e. The molecule has 1 aliphatic heterocycles. The van der Waals surface area contributed by atoms with Gasteiger partial charge < -0.3 is 10.2 Å². The second kappa shape index (κ2) is 9.92. The quantitative estimate of drug-likeness (QED) is 0.385. The van der Waals surface area contributed by atoms with Crippen molar-refractivity contribution >= 4 is 23.4 Å². The summed E-state index contributed by atoms with van der Waals surface area (Å²) in [4.78, 5) is 42.3. The maximum Gasteiger partial charge on any atom is 0.243 e. The van der Waals surface area contributed by atoms with Crippen LogP contribution in [0.4, 0.5) is 5.69 Å². The van der Waals surface area contributed by atoms with Gasteiger partial charge in [0.25, 0.3) is 0 Å². The zero-order chi connectivity index (χ0) is 21.7. The molecule has 0 radical (unpaired) electrons. The van der Waals surface area contributed by atoms with Gasteiger partial charge in [-0.05, 0) is 43.7 Å². The minimum absolute atomic E-state index is 0.182. The minimum atomic E-state index is -0.720. The Morgan fingerprint density at radius 1 is 1.10 bits per heavy atom. The van der Waals surface area contributed by atoms with Crippen LogP contribution in [-0.2, 0) is 14.4 Å². The normalized spacial score (nSPS) is 21.7. The molecule has 1 fully saturated rings. The number of para-hydroxylation sites is 1. The summed E-state index contributed by atoms with van der Waals surface area (Å²) >= 11 is 0. The van der Waals surface area contributed by atoms with E-state index in [0.717, 1.165) is 18.7 Å². The third-order valence-electron chi connectivity index (χ3n) is 6.02. The Morgan fingerprint density at radius 3 is 2.27 bits per heavy atom. The fourth-order valence-electron chi connectivity index (χ4n) is 4.37. The predicted molar refractivity (Wildman–Crippen MR) is 118 cm³/mol. The number of hydrogen-bond donors (Lipinski definition) is 1. The van der Waals surface area contributed by atoms with Gasteiger partial charge in [-0.2, -0.15) is 0 Å². The smallest absolute Gasteiger partial charge is 0.243 e. The molecule has 3 amide bonds. The van der Waals surface area contributed by atoms with E-state index in [4.69, 9.17) is 0 Å². The highest BCUT2D eigenvalue weighted by Gasteiger charge is 2.51. The van der Waals surface area contributed by atoms with Gasteiger partial charge in [-0.25, -0.2) is 0 Å². The van der Waals surface area contributed by atoms with Crippen molar-refractivity contribution in [2.75, 3.05) is 25.0 Å². The Labute approximate surface area is 179 Å². The number of allylic oxidation sites excluding steroid dienone is 2. The molecule has 3 rings (SSSR count). The van der Waals surface area contributed by atoms with Crippen molar-refractivity contribution in [3.63, 3.8) is 0 Å². The number of imide groups is 1. The van der Waals surface area contributed by atoms with Crippen molar-refractivity contribution in [2.24, 2.45) is 17.8 Å². The molecule has 6 heteroatoms. The van der Waals surface area contributed by atoms with Crippen LogP contribution in [0.5, 0.6) is 0 Å². The number of likely N-dealkylation sites (tertiary alicyclic amines) is 1. The maximum atomic E-state index is 13.0. The molecule has 2 aliphatic rings. The lowest BCUT2D eigenvalue weighted by atomic mass is 9.85. The molecule has 1 N–H and O–H groups in total. The second-order valence-electron chi connectivity index (χ2n) is 8.75. The van der Waals surface area contributed by atoms with Gasteiger partial charge in [-0.15, -0.1) is 0 Å². The zero-order valence-electron chi connectivity index (χ0n) is 18.2. The van der Waals surface area contributed by atoms with Crippen LogP contribution in [0.2, 0.25) is 0 Å². The number of fused-ring (bicyclic) bond motifs is 1. The SMILES string of the molecule is CC(C)CC(C(=O)NCCCN(C)c1ccccc1)N1C(=O)C2CC=CCC2C1=O. The Balaban J connectivity index is 1.58. The lowest BCUT2D eigenvalue weighted by Crippen LogP contribution is -2.51. The summed E-state index contributed by atoms with van der Waals surface area (Å²) in [5.41, 5.74) is 1.13. The van der Waals surface area contributed by atoms with E-state index >= 15 is 0 Å². The van der Waals surface area contributed by atoms with Crippen molar-refractivity contribution in [3.05, 3.63) is 42.5 Å². The highest BCUT2D eigenvalue weighted by atomic mass is 16.2. The molecule has 1 aromatic carbocycles. The summed E-state index contributed by atoms with van der Waals surface area (Å²) in [5.74, 6) is -0.988. The topological polar surface area (TPSA) is 69.7 Å². The van der Waals surface area contributed by atoms with Crippen LogP contribution in [0, 0.1) is 17.8 Å². The number of rotatable bonds is 9. The van der Waals surface area contributed by atoms with Crippen molar-refractivity contribution < 1.29 is 14.4 Å². The van der Waals surface area contributed by atoms with Crippen LogP contribution in [0.15, 0.2) is 42.5 Å². The fraction of sp³-hybridized carbons (Fsp3) is 0.542. The Hall–Kier alpha value is -2.63. The first-order valence-corrected chi connectivity index (χ1v) is 11.0. The number of carbonyl (C=O) groups is 3. The molecule has 0 spiro atoms. The third-order valence-corrected chi connectivity index (χ3v) is 6.02. The number of amides is 3. The van der Waals surface area contributed by atoms with Crippen LogP contribution < -0.4 is 10.2 Å². The standard InChI is InChI=1S/C24H33N3O3/c1-17(2)16-21(27-23(29)19-12-7-8-13-20(19)24(27)30)22(28)25-14-9-15-26(3)18-10-5-4-6-11-18/h4-8,10-11,17,19-21H,9,12-16H2,1-3H3,(H,25,28). The summed E-state index contributed by atoms with van der Waals surface area (Å²) in [5, 5.41) is 2.97. The van der Waals surface area contributed by atoms with E-state index in [9.17, 15) is 14.4 Å². The molecule has 1 aromatic rings. The van der Waals surface area contributed by atoms with Gasteiger partial charge in [0.2, 0.25) is 17.7 Å². The molecule has 0 saturated carbocycles. The molecule has 162 valence electrons. The lowest BCUT2D eigenvalue weighted by molar-refractivity contribution is -0.148. The van der Waals surface area contributed by atoms with Crippen molar-refractivity contribution in [2.45, 2.75) is 45.6 Å². The molecular weight excluding hydrogens is 378 g/mol. The number of nitrogens with zero attached hydrogens (tertiary/aromatic N) is 2. The van der Waals surface area contributed by atoms with Crippen LogP contribution in [-0.4, -0.2) is 48.8 Å². The average molecular weight is 412 g/mol. The van der Waals surface area contributed by atoms with Gasteiger partial charge >= 0.3 is 0 Å². The summed E-state index contributed by atoms with van der Waals surface area (Å²) < 4.78 is 0. The third kappa shape index (κ3) is 4.91. The van der Waals surface area contributed by atoms with E-state index in [1.807, 2.05) is 51.2 Å². The van der Waals surface area contributed by atoms with E-state index in [1.54, 1.807) is 0 Å². The first-order chi connectivity index (χ1) is 14.4. The second-order valence-corrected chi connectivity index (χ2v) is 8.75. The molecule has 30 heavy (non-hydrogen) atoms. The van der Waals surface area contributed by atoms with Crippen molar-refractivity contribution in [3.8, 4) is 0 Å². The number of carbonyl (C=O) groups excluding carboxylic acids is 3. The molecular formula is C24H33N3O3. The zero-order valence-corrected chi connectivity index (χ0v) is 18.2. The molecule has 1 saturated heterocycles. The van der Waals surface area contributed by atoms with Crippen molar-refractivity contribution in [1.29, 1.82) is 0 Å². The summed E-state index contributed by atoms with van der Waals surface area (Å²) in [6, 6.07) is 9.37. The molecule has 6 nitrogen and oxygen atoms in total. The number of nitrogens with one attached hydrogen (secondary N) is 1. The van der Waals surface area contributed by atoms with Gasteiger partial charge in [0, 0.05) is 25.8 Å². The van der Waals surface area contributed by atoms with E-state index in [1.165, 1.54) is 4.90 Å². The monoisotopic (exact) mass is 411 g/mol. The number of hydrogen-bond acceptors (Lipinski definition) is 4. The van der Waals surface area contributed by atoms with Crippen molar-refractivity contribution in [1.82, 2.24) is 10.2 Å². The largest absolute Gasteiger partial charge is 0.375 e. The van der Waals surface area contributed by atoms with Gasteiger partial charge in [0.05, 0.1) is 11.8 Å². The summed E-state index contributed by atoms with van der Waals surface area (Å²) in [6.45, 7) is 5.33. The molecule has 3 unspecified atom stereocenters. The lowest BCUT2D eigenvalue weighted by Gasteiger charge is -2.27. The van der Waals surface area contributed by atoms with E-state index in [2.05, 4.69) is 22.3 Å². The van der Waals surface area contributed by atoms with Gasteiger partial charge in [-0.3, -0.25) is 19.3 Å². The molecule has 3 atom stereocenters. The van der Waals surface area contributed by atoms with Crippen LogP contribution in [0.1, 0.15) is 39.5 Å². The fourth-order valence-corrected chi connectivity index (χ4v) is 4.37. The molecule has 0 aromatic heterocycles. The molecule has 1 aliphatic carbocycles. The van der Waals surface area contributed by atoms with E-state index < -0.39 is 6.04 Å². The average Bonchev–Trinajstić information content (AvgIpc) is 3.00. The Bertz CT molecular complexity index is 764. The van der Waals surface area contributed by atoms with Crippen LogP contribution >= 0.6 is 0 Å². The van der Waals surface area contributed by atoms with Gasteiger partial charge in [0.15, 0.2) is 0 Å². The number of anilines is 1. The molecule has 0 bridgehead atoms. The van der Waals surface area contributed by atoms with Gasteiger partial charge in [-0.1, -0.05) is 44.2 Å². The highest BCUT2D eigenvalue weighted by Crippen LogP contribution is 2.37. The van der Waals surface area contributed by atoms with Gasteiger partial charge in [0.1, 0.15) is 6.04 Å². The predicted octanol–water partition coefficient (Wildman–Crippen LogP) is 3.00. The summed E-state index contributed by atoms with van der Waals surface area (Å²) in [7, 11) is 2.02. The maximum absolute atomic E-state index is 13.0. The first-order valence-electron chi connectivity index (χ1n) is 11.0. The Morgan fingerprint density at radius 2 is 1.70 bits per heavy atom.